The average molecular weight is 392 g/mol. The molecule has 0 radical (unpaired) electrons. The zero-order chi connectivity index (χ0) is 20.6. The molecule has 1 heterocycles. The lowest BCUT2D eigenvalue weighted by atomic mass is 9.88. The van der Waals surface area contributed by atoms with E-state index in [-0.39, 0.29) is 31.6 Å². The van der Waals surface area contributed by atoms with Crippen LogP contribution in [0, 0.1) is 5.41 Å². The highest BCUT2D eigenvalue weighted by atomic mass is 16.5. The highest BCUT2D eigenvalue weighted by Gasteiger charge is 2.47. The van der Waals surface area contributed by atoms with Crippen molar-refractivity contribution >= 4 is 18.0 Å². The van der Waals surface area contributed by atoms with Crippen molar-refractivity contribution in [2.45, 2.75) is 31.7 Å². The van der Waals surface area contributed by atoms with Crippen molar-refractivity contribution in [3.63, 3.8) is 0 Å². The van der Waals surface area contributed by atoms with Crippen LogP contribution in [-0.2, 0) is 25.5 Å². The Bertz CT molecular complexity index is 681. The molecule has 1 saturated heterocycles. The zero-order valence-corrected chi connectivity index (χ0v) is 16.3. The number of nitrogens with one attached hydrogen (secondary N) is 1. The molecule has 2 N–H and O–H groups in total. The molecule has 0 aliphatic carbocycles. The number of amides is 2. The molecule has 1 aromatic rings. The number of hydrogen-bond acceptors (Lipinski definition) is 5. The molecule has 1 fully saturated rings. The lowest BCUT2D eigenvalue weighted by Gasteiger charge is -2.27. The van der Waals surface area contributed by atoms with Crippen LogP contribution in [0.5, 0.6) is 0 Å². The highest BCUT2D eigenvalue weighted by Crippen LogP contribution is 2.32. The van der Waals surface area contributed by atoms with Crippen molar-refractivity contribution in [1.29, 1.82) is 0 Å². The first-order valence-electron chi connectivity index (χ1n) is 9.28. The monoisotopic (exact) mass is 392 g/mol. The van der Waals surface area contributed by atoms with Crippen LogP contribution in [0.15, 0.2) is 30.3 Å². The number of carbonyl (C=O) groups excluding carboxylic acids is 2. The SMILES string of the molecule is COCC1(C(=O)OC)CCN(C(=O)NC(CCC(=O)O)Cc2ccccc2)C1. The van der Waals surface area contributed by atoms with E-state index in [1.54, 1.807) is 4.90 Å². The number of methoxy groups -OCH3 is 2. The molecular formula is C20H28N2O6. The summed E-state index contributed by atoms with van der Waals surface area (Å²) in [5.41, 5.74) is 0.152. The summed E-state index contributed by atoms with van der Waals surface area (Å²) >= 11 is 0. The Kier molecular flexibility index (Phi) is 7.80. The number of benzene rings is 1. The number of esters is 1. The van der Waals surface area contributed by atoms with Gasteiger partial charge in [0.25, 0.3) is 0 Å². The summed E-state index contributed by atoms with van der Waals surface area (Å²) in [4.78, 5) is 37.5. The van der Waals surface area contributed by atoms with Gasteiger partial charge in [-0.25, -0.2) is 4.79 Å². The molecule has 0 spiro atoms. The summed E-state index contributed by atoms with van der Waals surface area (Å²) < 4.78 is 10.1. The maximum Gasteiger partial charge on any atom is 0.317 e. The lowest BCUT2D eigenvalue weighted by molar-refractivity contribution is -0.155. The molecule has 1 aromatic carbocycles. The van der Waals surface area contributed by atoms with E-state index in [0.717, 1.165) is 5.56 Å². The lowest BCUT2D eigenvalue weighted by Crippen LogP contribution is -2.47. The first-order valence-corrected chi connectivity index (χ1v) is 9.28. The minimum absolute atomic E-state index is 0.0342. The number of ether oxygens (including phenoxy) is 2. The predicted octanol–water partition coefficient (Wildman–Crippen LogP) is 1.68. The molecule has 0 bridgehead atoms. The molecular weight excluding hydrogens is 364 g/mol. The molecule has 8 heteroatoms. The van der Waals surface area contributed by atoms with Gasteiger partial charge in [-0.1, -0.05) is 30.3 Å². The molecule has 28 heavy (non-hydrogen) atoms. The summed E-state index contributed by atoms with van der Waals surface area (Å²) in [6.07, 6.45) is 1.28. The van der Waals surface area contributed by atoms with E-state index in [2.05, 4.69) is 5.32 Å². The minimum atomic E-state index is -0.904. The first-order chi connectivity index (χ1) is 13.4. The largest absolute Gasteiger partial charge is 0.481 e. The van der Waals surface area contributed by atoms with E-state index in [1.165, 1.54) is 14.2 Å². The number of nitrogens with zero attached hydrogens (tertiary/aromatic N) is 1. The molecule has 0 aromatic heterocycles. The third kappa shape index (κ3) is 5.69. The quantitative estimate of drug-likeness (QED) is 0.620. The summed E-state index contributed by atoms with van der Waals surface area (Å²) in [6.45, 7) is 0.785. The van der Waals surface area contributed by atoms with Gasteiger partial charge in [0, 0.05) is 32.7 Å². The predicted molar refractivity (Wildman–Crippen MR) is 102 cm³/mol. The van der Waals surface area contributed by atoms with Crippen molar-refractivity contribution in [2.75, 3.05) is 33.9 Å². The van der Waals surface area contributed by atoms with Crippen LogP contribution in [0.3, 0.4) is 0 Å². The number of aliphatic carboxylic acids is 1. The highest BCUT2D eigenvalue weighted by molar-refractivity contribution is 5.81. The van der Waals surface area contributed by atoms with Gasteiger partial charge in [-0.15, -0.1) is 0 Å². The number of carboxylic acids is 1. The Morgan fingerprint density at radius 1 is 1.25 bits per heavy atom. The van der Waals surface area contributed by atoms with Crippen molar-refractivity contribution in [1.82, 2.24) is 10.2 Å². The van der Waals surface area contributed by atoms with Gasteiger partial charge in [0.05, 0.1) is 13.7 Å². The smallest absolute Gasteiger partial charge is 0.317 e. The summed E-state index contributed by atoms with van der Waals surface area (Å²) in [7, 11) is 2.83. The maximum absolute atomic E-state index is 12.8. The van der Waals surface area contributed by atoms with Crippen LogP contribution in [-0.4, -0.2) is 67.9 Å². The van der Waals surface area contributed by atoms with Gasteiger partial charge in [-0.3, -0.25) is 9.59 Å². The molecule has 8 nitrogen and oxygen atoms in total. The molecule has 2 atom stereocenters. The first kappa shape index (κ1) is 21.7. The Balaban J connectivity index is 2.03. The van der Waals surface area contributed by atoms with Gasteiger partial charge in [-0.05, 0) is 24.8 Å². The van der Waals surface area contributed by atoms with Crippen LogP contribution in [0.2, 0.25) is 0 Å². The van der Waals surface area contributed by atoms with Gasteiger partial charge in [0.1, 0.15) is 5.41 Å². The van der Waals surface area contributed by atoms with E-state index in [0.29, 0.717) is 25.8 Å². The summed E-state index contributed by atoms with van der Waals surface area (Å²) in [6, 6.07) is 8.96. The van der Waals surface area contributed by atoms with Crippen LogP contribution in [0.1, 0.15) is 24.8 Å². The number of rotatable bonds is 9. The fourth-order valence-corrected chi connectivity index (χ4v) is 3.57. The van der Waals surface area contributed by atoms with Crippen LogP contribution < -0.4 is 5.32 Å². The second-order valence-electron chi connectivity index (χ2n) is 7.15. The summed E-state index contributed by atoms with van der Waals surface area (Å²) in [5.74, 6) is -1.30. The average Bonchev–Trinajstić information content (AvgIpc) is 3.12. The molecule has 1 aliphatic rings. The van der Waals surface area contributed by atoms with Gasteiger partial charge in [0.15, 0.2) is 0 Å². The Labute approximate surface area is 164 Å². The maximum atomic E-state index is 12.8. The van der Waals surface area contributed by atoms with E-state index in [4.69, 9.17) is 14.6 Å². The van der Waals surface area contributed by atoms with Gasteiger partial charge < -0.3 is 24.8 Å². The van der Waals surface area contributed by atoms with Crippen molar-refractivity contribution in [3.8, 4) is 0 Å². The van der Waals surface area contributed by atoms with Crippen LogP contribution in [0.4, 0.5) is 4.79 Å². The molecule has 154 valence electrons. The number of carbonyl (C=O) groups is 3. The van der Waals surface area contributed by atoms with E-state index in [9.17, 15) is 14.4 Å². The Morgan fingerprint density at radius 2 is 1.96 bits per heavy atom. The third-order valence-electron chi connectivity index (χ3n) is 5.04. The molecule has 1 aliphatic heterocycles. The van der Waals surface area contributed by atoms with Crippen molar-refractivity contribution in [2.24, 2.45) is 5.41 Å². The van der Waals surface area contributed by atoms with E-state index < -0.39 is 17.4 Å². The summed E-state index contributed by atoms with van der Waals surface area (Å²) in [5, 5.41) is 11.9. The molecule has 2 unspecified atom stereocenters. The van der Waals surface area contributed by atoms with Crippen molar-refractivity contribution < 1.29 is 29.0 Å². The normalized spacial score (nSPS) is 19.9. The fourth-order valence-electron chi connectivity index (χ4n) is 3.57. The topological polar surface area (TPSA) is 105 Å². The molecule has 2 rings (SSSR count). The van der Waals surface area contributed by atoms with Gasteiger partial charge in [-0.2, -0.15) is 0 Å². The Morgan fingerprint density at radius 3 is 2.57 bits per heavy atom. The third-order valence-corrected chi connectivity index (χ3v) is 5.04. The second-order valence-corrected chi connectivity index (χ2v) is 7.15. The van der Waals surface area contributed by atoms with Crippen LogP contribution in [0.25, 0.3) is 0 Å². The number of carboxylic acid groups (broad SMARTS) is 1. The van der Waals surface area contributed by atoms with E-state index in [1.807, 2.05) is 30.3 Å². The zero-order valence-electron chi connectivity index (χ0n) is 16.3. The fraction of sp³-hybridized carbons (Fsp3) is 0.550. The molecule has 2 amide bonds. The van der Waals surface area contributed by atoms with Crippen molar-refractivity contribution in [3.05, 3.63) is 35.9 Å². The standard InChI is InChI=1S/C20H28N2O6/c1-27-14-20(18(25)28-2)10-11-22(13-20)19(26)21-16(8-9-17(23)24)12-15-6-4-3-5-7-15/h3-7,16H,8-14H2,1-2H3,(H,21,26)(H,23,24). The number of likely N-dealkylation sites (tertiary alicyclic amines) is 1. The minimum Gasteiger partial charge on any atom is -0.481 e. The van der Waals surface area contributed by atoms with E-state index >= 15 is 0 Å². The van der Waals surface area contributed by atoms with Crippen LogP contribution >= 0.6 is 0 Å². The van der Waals surface area contributed by atoms with Gasteiger partial charge >= 0.3 is 18.0 Å². The number of hydrogen-bond donors (Lipinski definition) is 2. The number of urea groups is 1. The molecule has 0 saturated carbocycles. The Hall–Kier alpha value is -2.61. The van der Waals surface area contributed by atoms with Gasteiger partial charge in [0.2, 0.25) is 0 Å². The second kappa shape index (κ2) is 10.1.